The average Bonchev–Trinajstić information content (AvgIpc) is 2.61. The van der Waals surface area contributed by atoms with Crippen molar-refractivity contribution >= 4 is 5.91 Å². The van der Waals surface area contributed by atoms with Crippen LogP contribution in [0.25, 0.3) is 0 Å². The monoisotopic (exact) mass is 345 g/mol. The number of hydrogen-bond donors (Lipinski definition) is 1. The Labute approximate surface area is 151 Å². The van der Waals surface area contributed by atoms with Gasteiger partial charge in [-0.3, -0.25) is 9.69 Å². The van der Waals surface area contributed by atoms with Crippen LogP contribution in [-0.2, 0) is 11.3 Å². The number of likely N-dealkylation sites (tertiary alicyclic amines) is 1. The molecule has 0 unspecified atom stereocenters. The molecule has 2 heterocycles. The van der Waals surface area contributed by atoms with Crippen LogP contribution in [0.15, 0.2) is 24.3 Å². The Hall–Kier alpha value is -1.43. The lowest BCUT2D eigenvalue weighted by atomic mass is 10.0. The summed E-state index contributed by atoms with van der Waals surface area (Å²) in [6, 6.07) is 8.57. The highest BCUT2D eigenvalue weighted by atomic mass is 16.5. The molecule has 1 aromatic carbocycles. The number of ether oxygens (including phenoxy) is 1. The van der Waals surface area contributed by atoms with Crippen LogP contribution in [0.1, 0.15) is 42.6 Å². The Balaban J connectivity index is 1.59. The van der Waals surface area contributed by atoms with Gasteiger partial charge >= 0.3 is 0 Å². The Bertz CT molecular complexity index is 565. The number of morpholine rings is 1. The molecule has 0 spiro atoms. The molecule has 25 heavy (non-hydrogen) atoms. The second-order valence-electron chi connectivity index (χ2n) is 7.53. The maximum Gasteiger partial charge on any atom is 0.253 e. The van der Waals surface area contributed by atoms with E-state index in [-0.39, 0.29) is 18.1 Å². The fourth-order valence-corrected chi connectivity index (χ4v) is 4.00. The van der Waals surface area contributed by atoms with Gasteiger partial charge in [0.25, 0.3) is 5.91 Å². The van der Waals surface area contributed by atoms with E-state index < -0.39 is 0 Å². The third-order valence-corrected chi connectivity index (χ3v) is 5.22. The Morgan fingerprint density at radius 1 is 1.16 bits per heavy atom. The normalized spacial score (nSPS) is 28.1. The predicted molar refractivity (Wildman–Crippen MR) is 99.7 cm³/mol. The number of hydrogen-bond acceptors (Lipinski definition) is 4. The van der Waals surface area contributed by atoms with Crippen LogP contribution in [0.2, 0.25) is 0 Å². The summed E-state index contributed by atoms with van der Waals surface area (Å²) in [5.74, 6) is 0.153. The number of carbonyl (C=O) groups is 1. The molecule has 0 radical (unpaired) electrons. The topological polar surface area (TPSA) is 44.8 Å². The average molecular weight is 345 g/mol. The van der Waals surface area contributed by atoms with Gasteiger partial charge < -0.3 is 15.0 Å². The fourth-order valence-electron chi connectivity index (χ4n) is 4.00. The zero-order valence-corrected chi connectivity index (χ0v) is 15.7. The quantitative estimate of drug-likeness (QED) is 0.908. The number of carbonyl (C=O) groups excluding carboxylic acids is 1. The Morgan fingerprint density at radius 3 is 2.48 bits per heavy atom. The number of nitrogens with one attached hydrogen (secondary N) is 1. The summed E-state index contributed by atoms with van der Waals surface area (Å²) in [4.78, 5) is 17.1. The van der Waals surface area contributed by atoms with Crippen molar-refractivity contribution in [1.29, 1.82) is 0 Å². The van der Waals surface area contributed by atoms with Gasteiger partial charge in [-0.15, -0.1) is 0 Å². The van der Waals surface area contributed by atoms with Gasteiger partial charge in [-0.05, 0) is 51.4 Å². The van der Waals surface area contributed by atoms with Crippen molar-refractivity contribution in [2.24, 2.45) is 0 Å². The number of rotatable bonds is 4. The first-order valence-corrected chi connectivity index (χ1v) is 9.48. The van der Waals surface area contributed by atoms with E-state index in [2.05, 4.69) is 36.2 Å². The molecule has 2 aliphatic rings. The van der Waals surface area contributed by atoms with Crippen LogP contribution in [0.3, 0.4) is 0 Å². The van der Waals surface area contributed by atoms with Crippen LogP contribution in [0.5, 0.6) is 0 Å². The van der Waals surface area contributed by atoms with Gasteiger partial charge in [-0.1, -0.05) is 12.1 Å². The Morgan fingerprint density at radius 2 is 1.84 bits per heavy atom. The first-order valence-electron chi connectivity index (χ1n) is 9.48. The molecule has 5 nitrogen and oxygen atoms in total. The van der Waals surface area contributed by atoms with E-state index in [1.54, 1.807) is 0 Å². The molecule has 0 aliphatic carbocycles. The van der Waals surface area contributed by atoms with Crippen LogP contribution >= 0.6 is 0 Å². The van der Waals surface area contributed by atoms with Gasteiger partial charge in [0.2, 0.25) is 0 Å². The summed E-state index contributed by atoms with van der Waals surface area (Å²) < 4.78 is 5.79. The zero-order valence-electron chi connectivity index (χ0n) is 15.7. The number of benzene rings is 1. The molecule has 0 saturated carbocycles. The third kappa shape index (κ3) is 4.81. The summed E-state index contributed by atoms with van der Waals surface area (Å²) in [7, 11) is 1.97. The van der Waals surface area contributed by atoms with Gasteiger partial charge in [0, 0.05) is 44.3 Å². The van der Waals surface area contributed by atoms with Crippen LogP contribution in [-0.4, -0.2) is 67.2 Å². The molecule has 0 aromatic heterocycles. The zero-order chi connectivity index (χ0) is 17.8. The van der Waals surface area contributed by atoms with E-state index >= 15 is 0 Å². The minimum absolute atomic E-state index is 0.153. The lowest BCUT2D eigenvalue weighted by Gasteiger charge is -2.35. The van der Waals surface area contributed by atoms with Crippen molar-refractivity contribution in [1.82, 2.24) is 15.1 Å². The summed E-state index contributed by atoms with van der Waals surface area (Å²) in [6.45, 7) is 8.76. The summed E-state index contributed by atoms with van der Waals surface area (Å²) in [5.41, 5.74) is 2.05. The maximum atomic E-state index is 12.7. The van der Waals surface area contributed by atoms with Crippen molar-refractivity contribution < 1.29 is 9.53 Å². The minimum atomic E-state index is 0.153. The first kappa shape index (κ1) is 18.4. The van der Waals surface area contributed by atoms with E-state index in [0.29, 0.717) is 6.04 Å². The lowest BCUT2D eigenvalue weighted by molar-refractivity contribution is -0.0704. The second-order valence-corrected chi connectivity index (χ2v) is 7.53. The molecule has 1 amide bonds. The van der Waals surface area contributed by atoms with Gasteiger partial charge in [-0.2, -0.15) is 0 Å². The second kappa shape index (κ2) is 8.30. The molecular formula is C20H31N3O2. The number of likely N-dealkylation sites (N-methyl/N-ethyl adjacent to an activating group) is 1. The van der Waals surface area contributed by atoms with Crippen molar-refractivity contribution in [3.63, 3.8) is 0 Å². The van der Waals surface area contributed by atoms with E-state index in [0.717, 1.165) is 51.1 Å². The number of amides is 1. The van der Waals surface area contributed by atoms with Crippen molar-refractivity contribution in [3.8, 4) is 0 Å². The Kier molecular flexibility index (Phi) is 6.10. The SMILES string of the molecule is CN[C@H]1CCCN(C(=O)c2ccc(CN3C[C@@H](C)O[C@@H](C)C3)cc2)C1. The van der Waals surface area contributed by atoms with E-state index in [9.17, 15) is 4.79 Å². The molecular weight excluding hydrogens is 314 g/mol. The highest BCUT2D eigenvalue weighted by Gasteiger charge is 2.24. The molecule has 2 aliphatic heterocycles. The highest BCUT2D eigenvalue weighted by molar-refractivity contribution is 5.94. The first-order chi connectivity index (χ1) is 12.0. The maximum absolute atomic E-state index is 12.7. The summed E-state index contributed by atoms with van der Waals surface area (Å²) in [5, 5.41) is 3.29. The molecule has 138 valence electrons. The minimum Gasteiger partial charge on any atom is -0.373 e. The lowest BCUT2D eigenvalue weighted by Crippen LogP contribution is -2.47. The molecule has 1 N–H and O–H groups in total. The summed E-state index contributed by atoms with van der Waals surface area (Å²) >= 11 is 0. The largest absolute Gasteiger partial charge is 0.373 e. The number of piperidine rings is 1. The van der Waals surface area contributed by atoms with Crippen molar-refractivity contribution in [2.45, 2.75) is 51.5 Å². The standard InChI is InChI=1S/C20H31N3O2/c1-15-11-22(12-16(2)25-15)13-17-6-8-18(9-7-17)20(24)23-10-4-5-19(14-23)21-3/h6-9,15-16,19,21H,4-5,10-14H2,1-3H3/t15-,16+,19-/m0/s1. The van der Waals surface area contributed by atoms with Crippen LogP contribution in [0, 0.1) is 0 Å². The van der Waals surface area contributed by atoms with Gasteiger partial charge in [0.15, 0.2) is 0 Å². The van der Waals surface area contributed by atoms with Crippen molar-refractivity contribution in [3.05, 3.63) is 35.4 Å². The van der Waals surface area contributed by atoms with Crippen LogP contribution < -0.4 is 5.32 Å². The van der Waals surface area contributed by atoms with Gasteiger partial charge in [0.1, 0.15) is 0 Å². The van der Waals surface area contributed by atoms with E-state index in [1.807, 2.05) is 24.1 Å². The molecule has 2 saturated heterocycles. The number of nitrogens with zero attached hydrogens (tertiary/aromatic N) is 2. The van der Waals surface area contributed by atoms with Crippen LogP contribution in [0.4, 0.5) is 0 Å². The smallest absolute Gasteiger partial charge is 0.253 e. The fraction of sp³-hybridized carbons (Fsp3) is 0.650. The summed E-state index contributed by atoms with van der Waals surface area (Å²) in [6.07, 6.45) is 2.78. The van der Waals surface area contributed by atoms with Gasteiger partial charge in [0.05, 0.1) is 12.2 Å². The van der Waals surface area contributed by atoms with Gasteiger partial charge in [-0.25, -0.2) is 0 Å². The highest BCUT2D eigenvalue weighted by Crippen LogP contribution is 2.17. The molecule has 2 fully saturated rings. The molecule has 3 atom stereocenters. The molecule has 0 bridgehead atoms. The van der Waals surface area contributed by atoms with Crippen molar-refractivity contribution in [2.75, 3.05) is 33.2 Å². The predicted octanol–water partition coefficient (Wildman–Crippen LogP) is 2.12. The molecule has 1 aromatic rings. The molecule has 3 rings (SSSR count). The van der Waals surface area contributed by atoms with E-state index in [4.69, 9.17) is 4.74 Å². The molecule has 5 heteroatoms. The van der Waals surface area contributed by atoms with E-state index in [1.165, 1.54) is 5.56 Å². The third-order valence-electron chi connectivity index (χ3n) is 5.22.